The Kier molecular flexibility index (Phi) is 5.03. The molecule has 0 spiro atoms. The van der Waals surface area contributed by atoms with Crippen molar-refractivity contribution in [1.82, 2.24) is 14.9 Å². The highest BCUT2D eigenvalue weighted by molar-refractivity contribution is 5.94. The zero-order chi connectivity index (χ0) is 22.1. The number of carbonyl (C=O) groups is 1. The van der Waals surface area contributed by atoms with Gasteiger partial charge in [0.2, 0.25) is 6.79 Å². The maximum atomic E-state index is 13.4. The average molecular weight is 431 g/mol. The Hall–Kier alpha value is -4.20. The molecule has 4 aromatic rings. The lowest BCUT2D eigenvalue weighted by Crippen LogP contribution is -2.31. The zero-order valence-corrected chi connectivity index (χ0v) is 16.9. The van der Waals surface area contributed by atoms with Crippen LogP contribution in [0.5, 0.6) is 11.5 Å². The molecule has 32 heavy (non-hydrogen) atoms. The maximum absolute atomic E-state index is 13.4. The quantitative estimate of drug-likeness (QED) is 0.522. The zero-order valence-electron chi connectivity index (χ0n) is 16.9. The summed E-state index contributed by atoms with van der Waals surface area (Å²) in [6.45, 7) is 0.438. The third-order valence-corrected chi connectivity index (χ3v) is 5.19. The van der Waals surface area contributed by atoms with Crippen LogP contribution >= 0.6 is 0 Å². The summed E-state index contributed by atoms with van der Waals surface area (Å²) in [5, 5.41) is 0.475. The fraction of sp³-hybridized carbons (Fsp3) is 0.125. The summed E-state index contributed by atoms with van der Waals surface area (Å²) >= 11 is 0. The number of ether oxygens (including phenoxy) is 2. The molecule has 0 saturated carbocycles. The number of carbonyl (C=O) groups excluding carboxylic acids is 1. The van der Waals surface area contributed by atoms with Crippen LogP contribution in [0, 0.1) is 5.82 Å². The van der Waals surface area contributed by atoms with Crippen LogP contribution in [0.4, 0.5) is 4.39 Å². The summed E-state index contributed by atoms with van der Waals surface area (Å²) in [6, 6.07) is 17.8. The number of aromatic nitrogens is 2. The lowest BCUT2D eigenvalue weighted by Gasteiger charge is -2.23. The number of halogens is 1. The number of hydrogen-bond donors (Lipinski definition) is 1. The number of amides is 1. The van der Waals surface area contributed by atoms with E-state index in [0.29, 0.717) is 33.8 Å². The summed E-state index contributed by atoms with van der Waals surface area (Å²) < 4.78 is 24.1. The van der Waals surface area contributed by atoms with E-state index in [-0.39, 0.29) is 31.3 Å². The predicted octanol–water partition coefficient (Wildman–Crippen LogP) is 3.63. The van der Waals surface area contributed by atoms with Gasteiger partial charge < -0.3 is 19.4 Å². The highest BCUT2D eigenvalue weighted by Crippen LogP contribution is 2.33. The lowest BCUT2D eigenvalue weighted by molar-refractivity contribution is 0.0725. The number of nitrogens with one attached hydrogen (secondary N) is 1. The van der Waals surface area contributed by atoms with Gasteiger partial charge in [0.25, 0.3) is 11.5 Å². The van der Waals surface area contributed by atoms with Crippen molar-refractivity contribution < 1.29 is 18.7 Å². The first-order chi connectivity index (χ1) is 15.6. The fourth-order valence-corrected chi connectivity index (χ4v) is 3.62. The summed E-state index contributed by atoms with van der Waals surface area (Å²) in [4.78, 5) is 34.6. The van der Waals surface area contributed by atoms with Gasteiger partial charge in [0.05, 0.1) is 17.4 Å². The Morgan fingerprint density at radius 2 is 1.78 bits per heavy atom. The van der Waals surface area contributed by atoms with Crippen LogP contribution in [0.2, 0.25) is 0 Å². The van der Waals surface area contributed by atoms with Crippen LogP contribution in [0.1, 0.15) is 21.7 Å². The second-order valence-electron chi connectivity index (χ2n) is 7.39. The van der Waals surface area contributed by atoms with E-state index >= 15 is 0 Å². The number of rotatable bonds is 5. The van der Waals surface area contributed by atoms with Crippen LogP contribution in [-0.4, -0.2) is 27.6 Å². The van der Waals surface area contributed by atoms with Crippen LogP contribution in [0.25, 0.3) is 10.9 Å². The van der Waals surface area contributed by atoms with Crippen molar-refractivity contribution in [2.45, 2.75) is 13.1 Å². The summed E-state index contributed by atoms with van der Waals surface area (Å²) in [6.07, 6.45) is 0. The van der Waals surface area contributed by atoms with E-state index < -0.39 is 5.82 Å². The first-order valence-electron chi connectivity index (χ1n) is 9.98. The molecule has 0 unspecified atom stereocenters. The fourth-order valence-electron chi connectivity index (χ4n) is 3.62. The molecule has 3 aromatic carbocycles. The average Bonchev–Trinajstić information content (AvgIpc) is 3.27. The topological polar surface area (TPSA) is 84.5 Å². The molecule has 160 valence electrons. The van der Waals surface area contributed by atoms with Gasteiger partial charge in [0.1, 0.15) is 11.6 Å². The molecule has 5 rings (SSSR count). The van der Waals surface area contributed by atoms with E-state index in [1.807, 2.05) is 12.1 Å². The van der Waals surface area contributed by atoms with Gasteiger partial charge >= 0.3 is 0 Å². The molecule has 1 amide bonds. The second-order valence-corrected chi connectivity index (χ2v) is 7.39. The van der Waals surface area contributed by atoms with Crippen molar-refractivity contribution >= 4 is 16.8 Å². The molecule has 0 saturated heterocycles. The smallest absolute Gasteiger partial charge is 0.258 e. The molecular weight excluding hydrogens is 413 g/mol. The van der Waals surface area contributed by atoms with Gasteiger partial charge in [-0.1, -0.05) is 18.2 Å². The highest BCUT2D eigenvalue weighted by atomic mass is 19.1. The van der Waals surface area contributed by atoms with E-state index in [0.717, 1.165) is 5.56 Å². The summed E-state index contributed by atoms with van der Waals surface area (Å²) in [5.74, 6) is 0.854. The van der Waals surface area contributed by atoms with Crippen molar-refractivity contribution in [1.29, 1.82) is 0 Å². The molecule has 0 fully saturated rings. The molecular formula is C24H18FN3O4. The van der Waals surface area contributed by atoms with Gasteiger partial charge in [-0.3, -0.25) is 9.59 Å². The van der Waals surface area contributed by atoms with E-state index in [9.17, 15) is 14.0 Å². The van der Waals surface area contributed by atoms with Gasteiger partial charge in [0, 0.05) is 12.1 Å². The van der Waals surface area contributed by atoms with Gasteiger partial charge in [-0.25, -0.2) is 9.37 Å². The predicted molar refractivity (Wildman–Crippen MR) is 115 cm³/mol. The molecule has 0 atom stereocenters. The molecule has 1 aromatic heterocycles. The van der Waals surface area contributed by atoms with Crippen LogP contribution < -0.4 is 15.0 Å². The highest BCUT2D eigenvalue weighted by Gasteiger charge is 2.20. The SMILES string of the molecule is O=C(c1ccc(F)cc1)N(Cc1ccc2c(c1)OCO2)Cc1nc2ccccc2c(=O)[nH]1. The second kappa shape index (κ2) is 8.14. The standard InChI is InChI=1S/C24H18FN3O4/c25-17-8-6-16(7-9-17)24(30)28(12-15-5-10-20-21(11-15)32-14-31-20)13-22-26-19-4-2-1-3-18(19)23(29)27-22/h1-11H,12-14H2,(H,26,27,29). The molecule has 0 bridgehead atoms. The van der Waals surface area contributed by atoms with Crippen LogP contribution in [0.3, 0.4) is 0 Å². The summed E-state index contributed by atoms with van der Waals surface area (Å²) in [7, 11) is 0. The number of para-hydroxylation sites is 1. The van der Waals surface area contributed by atoms with E-state index in [2.05, 4.69) is 9.97 Å². The number of nitrogens with zero attached hydrogens (tertiary/aromatic N) is 2. The largest absolute Gasteiger partial charge is 0.454 e. The van der Waals surface area contributed by atoms with E-state index in [4.69, 9.17) is 9.47 Å². The normalized spacial score (nSPS) is 12.2. The minimum atomic E-state index is -0.426. The Labute approximate surface area is 182 Å². The Bertz CT molecular complexity index is 1370. The van der Waals surface area contributed by atoms with Crippen LogP contribution in [0.15, 0.2) is 71.5 Å². The van der Waals surface area contributed by atoms with Crippen molar-refractivity contribution in [3.05, 3.63) is 99.9 Å². The summed E-state index contributed by atoms with van der Waals surface area (Å²) in [5.41, 5.74) is 1.41. The number of aromatic amines is 1. The minimum absolute atomic E-state index is 0.0602. The van der Waals surface area contributed by atoms with Crippen molar-refractivity contribution in [3.8, 4) is 11.5 Å². The molecule has 8 heteroatoms. The van der Waals surface area contributed by atoms with Gasteiger partial charge in [0.15, 0.2) is 11.5 Å². The molecule has 2 heterocycles. The molecule has 1 N–H and O–H groups in total. The molecule has 1 aliphatic heterocycles. The molecule has 0 radical (unpaired) electrons. The molecule has 1 aliphatic rings. The van der Waals surface area contributed by atoms with Crippen molar-refractivity contribution in [2.75, 3.05) is 6.79 Å². The number of fused-ring (bicyclic) bond motifs is 2. The van der Waals surface area contributed by atoms with Gasteiger partial charge in [-0.05, 0) is 54.1 Å². The third-order valence-electron chi connectivity index (χ3n) is 5.19. The van der Waals surface area contributed by atoms with Crippen molar-refractivity contribution in [2.24, 2.45) is 0 Å². The van der Waals surface area contributed by atoms with Gasteiger partial charge in [-0.15, -0.1) is 0 Å². The number of H-pyrrole nitrogens is 1. The first-order valence-corrected chi connectivity index (χ1v) is 9.98. The monoisotopic (exact) mass is 431 g/mol. The number of hydrogen-bond acceptors (Lipinski definition) is 5. The van der Waals surface area contributed by atoms with Crippen molar-refractivity contribution in [3.63, 3.8) is 0 Å². The Morgan fingerprint density at radius 3 is 2.62 bits per heavy atom. The van der Waals surface area contributed by atoms with E-state index in [1.165, 1.54) is 29.2 Å². The third kappa shape index (κ3) is 3.90. The van der Waals surface area contributed by atoms with E-state index in [1.54, 1.807) is 30.3 Å². The molecule has 7 nitrogen and oxygen atoms in total. The Balaban J connectivity index is 1.49. The molecule has 0 aliphatic carbocycles. The van der Waals surface area contributed by atoms with Gasteiger partial charge in [-0.2, -0.15) is 0 Å². The lowest BCUT2D eigenvalue weighted by atomic mass is 10.1. The minimum Gasteiger partial charge on any atom is -0.454 e. The maximum Gasteiger partial charge on any atom is 0.258 e. The Morgan fingerprint density at radius 1 is 1.00 bits per heavy atom. The number of benzene rings is 3. The van der Waals surface area contributed by atoms with Crippen LogP contribution in [-0.2, 0) is 13.1 Å². The first kappa shape index (κ1) is 19.7.